The van der Waals surface area contributed by atoms with Crippen LogP contribution in [0.2, 0.25) is 0 Å². The predicted octanol–water partition coefficient (Wildman–Crippen LogP) is -0.148. The molecule has 3 aliphatic rings. The fourth-order valence-electron chi connectivity index (χ4n) is 3.85. The summed E-state index contributed by atoms with van der Waals surface area (Å²) >= 11 is 6.34. The van der Waals surface area contributed by atoms with Crippen LogP contribution in [0.5, 0.6) is 0 Å². The molecule has 3 heterocycles. The number of likely N-dealkylation sites (N-methyl/N-ethyl adjacent to an activating group) is 1. The van der Waals surface area contributed by atoms with Crippen LogP contribution in [0, 0.1) is 5.92 Å². The zero-order valence-electron chi connectivity index (χ0n) is 13.9. The third-order valence-corrected chi connectivity index (χ3v) is 5.70. The molecule has 2 fully saturated rings. The maximum atomic E-state index is 12.7. The van der Waals surface area contributed by atoms with Crippen molar-refractivity contribution in [3.8, 4) is 0 Å². The number of carbonyl (C=O) groups is 1. The number of nitrogens with two attached hydrogens (primary N) is 1. The van der Waals surface area contributed by atoms with E-state index in [4.69, 9.17) is 17.3 Å². The average Bonchev–Trinajstić information content (AvgIpc) is 2.55. The molecule has 2 atom stereocenters. The normalized spacial score (nSPS) is 31.6. The van der Waals surface area contributed by atoms with Crippen molar-refractivity contribution >= 4 is 17.5 Å². The minimum absolute atomic E-state index is 0.0115. The third kappa shape index (κ3) is 3.82. The van der Waals surface area contributed by atoms with Gasteiger partial charge in [0.25, 0.3) is 0 Å². The van der Waals surface area contributed by atoms with Crippen molar-refractivity contribution in [2.45, 2.75) is 24.9 Å². The van der Waals surface area contributed by atoms with Gasteiger partial charge in [-0.2, -0.15) is 0 Å². The van der Waals surface area contributed by atoms with Gasteiger partial charge >= 0.3 is 0 Å². The summed E-state index contributed by atoms with van der Waals surface area (Å²) in [6.45, 7) is 6.23. The van der Waals surface area contributed by atoms with Crippen LogP contribution < -0.4 is 11.1 Å². The summed E-state index contributed by atoms with van der Waals surface area (Å²) in [4.78, 5) is 19.4. The lowest BCUT2D eigenvalue weighted by Gasteiger charge is -2.42. The van der Waals surface area contributed by atoms with Gasteiger partial charge in [0.2, 0.25) is 5.91 Å². The highest BCUT2D eigenvalue weighted by atomic mass is 35.5. The summed E-state index contributed by atoms with van der Waals surface area (Å²) in [5.74, 6) is 0.504. The molecule has 3 aliphatic heterocycles. The summed E-state index contributed by atoms with van der Waals surface area (Å²) in [7, 11) is 2.11. The molecule has 0 aliphatic carbocycles. The SMILES string of the molecule is CN1CCN(C(=O)C2CCN(C3C(Cl)=CNCC3N)CC2)CC1. The first-order valence-electron chi connectivity index (χ1n) is 8.62. The van der Waals surface area contributed by atoms with Crippen LogP contribution in [0.25, 0.3) is 0 Å². The summed E-state index contributed by atoms with van der Waals surface area (Å²) in [5, 5.41) is 3.90. The Morgan fingerprint density at radius 1 is 1.22 bits per heavy atom. The standard InChI is InChI=1S/C16H28ClN5O/c1-20-6-8-22(9-7-20)16(23)12-2-4-21(5-3-12)15-13(17)10-19-11-14(15)18/h10,12,14-15,19H,2-9,11,18H2,1H3. The van der Waals surface area contributed by atoms with Crippen molar-refractivity contribution in [3.05, 3.63) is 11.2 Å². The van der Waals surface area contributed by atoms with Crippen LogP contribution in [0.3, 0.4) is 0 Å². The second-order valence-corrected chi connectivity index (χ2v) is 7.42. The summed E-state index contributed by atoms with van der Waals surface area (Å²) in [6, 6.07) is 0.106. The number of likely N-dealkylation sites (tertiary alicyclic amines) is 1. The highest BCUT2D eigenvalue weighted by molar-refractivity contribution is 6.30. The van der Waals surface area contributed by atoms with Crippen molar-refractivity contribution in [3.63, 3.8) is 0 Å². The maximum Gasteiger partial charge on any atom is 0.225 e. The van der Waals surface area contributed by atoms with Gasteiger partial charge in [-0.25, -0.2) is 0 Å². The third-order valence-electron chi connectivity index (χ3n) is 5.37. The van der Waals surface area contributed by atoms with Crippen LogP contribution in [-0.2, 0) is 4.79 Å². The molecule has 2 saturated heterocycles. The van der Waals surface area contributed by atoms with Crippen molar-refractivity contribution in [1.82, 2.24) is 20.0 Å². The van der Waals surface area contributed by atoms with Gasteiger partial charge in [-0.3, -0.25) is 9.69 Å². The van der Waals surface area contributed by atoms with Crippen LogP contribution in [0.15, 0.2) is 11.2 Å². The number of nitrogens with one attached hydrogen (secondary N) is 1. The maximum absolute atomic E-state index is 12.7. The van der Waals surface area contributed by atoms with E-state index in [1.165, 1.54) is 0 Å². The summed E-state index contributed by atoms with van der Waals surface area (Å²) < 4.78 is 0. The molecule has 0 radical (unpaired) electrons. The van der Waals surface area contributed by atoms with E-state index in [0.717, 1.165) is 63.7 Å². The minimum atomic E-state index is 0.0115. The number of piperidine rings is 1. The van der Waals surface area contributed by atoms with Gasteiger partial charge < -0.3 is 20.9 Å². The van der Waals surface area contributed by atoms with E-state index in [2.05, 4.69) is 22.2 Å². The number of rotatable bonds is 2. The number of halogens is 1. The van der Waals surface area contributed by atoms with Gasteiger partial charge in [-0.1, -0.05) is 11.6 Å². The van der Waals surface area contributed by atoms with E-state index in [9.17, 15) is 4.79 Å². The molecule has 0 aromatic carbocycles. The summed E-state index contributed by atoms with van der Waals surface area (Å²) in [5.41, 5.74) is 6.22. The second kappa shape index (κ2) is 7.38. The molecule has 1 amide bonds. The Hall–Kier alpha value is -0.820. The van der Waals surface area contributed by atoms with Crippen molar-refractivity contribution in [1.29, 1.82) is 0 Å². The molecule has 7 heteroatoms. The number of hydrogen-bond acceptors (Lipinski definition) is 5. The van der Waals surface area contributed by atoms with Crippen LogP contribution in [0.4, 0.5) is 0 Å². The van der Waals surface area contributed by atoms with Crippen molar-refractivity contribution < 1.29 is 4.79 Å². The van der Waals surface area contributed by atoms with Gasteiger partial charge in [0.15, 0.2) is 0 Å². The number of amides is 1. The zero-order chi connectivity index (χ0) is 16.4. The fraction of sp³-hybridized carbons (Fsp3) is 0.812. The monoisotopic (exact) mass is 341 g/mol. The Labute approximate surface area is 143 Å². The molecule has 2 unspecified atom stereocenters. The predicted molar refractivity (Wildman–Crippen MR) is 92.1 cm³/mol. The number of piperazine rings is 1. The molecule has 3 N–H and O–H groups in total. The highest BCUT2D eigenvalue weighted by Crippen LogP contribution is 2.27. The zero-order valence-corrected chi connectivity index (χ0v) is 14.6. The smallest absolute Gasteiger partial charge is 0.225 e. The Balaban J connectivity index is 1.53. The topological polar surface area (TPSA) is 64.8 Å². The highest BCUT2D eigenvalue weighted by Gasteiger charge is 2.35. The molecule has 0 spiro atoms. The number of carbonyl (C=O) groups excluding carboxylic acids is 1. The number of nitrogens with zero attached hydrogens (tertiary/aromatic N) is 3. The Kier molecular flexibility index (Phi) is 5.46. The van der Waals surface area contributed by atoms with E-state index < -0.39 is 0 Å². The quantitative estimate of drug-likeness (QED) is 0.731. The fourth-order valence-corrected chi connectivity index (χ4v) is 4.23. The minimum Gasteiger partial charge on any atom is -0.388 e. The van der Waals surface area contributed by atoms with E-state index in [1.807, 2.05) is 11.1 Å². The summed E-state index contributed by atoms with van der Waals surface area (Å²) in [6.07, 6.45) is 3.68. The Morgan fingerprint density at radius 2 is 1.87 bits per heavy atom. The first kappa shape index (κ1) is 17.0. The van der Waals surface area contributed by atoms with E-state index in [1.54, 1.807) is 0 Å². The molecule has 3 rings (SSSR count). The van der Waals surface area contributed by atoms with Crippen LogP contribution >= 0.6 is 11.6 Å². The van der Waals surface area contributed by atoms with E-state index >= 15 is 0 Å². The molecule has 0 bridgehead atoms. The molecule has 23 heavy (non-hydrogen) atoms. The average molecular weight is 342 g/mol. The molecule has 0 saturated carbocycles. The van der Waals surface area contributed by atoms with Gasteiger partial charge in [-0.15, -0.1) is 0 Å². The van der Waals surface area contributed by atoms with Crippen LogP contribution in [0.1, 0.15) is 12.8 Å². The first-order chi connectivity index (χ1) is 11.1. The Morgan fingerprint density at radius 3 is 2.48 bits per heavy atom. The lowest BCUT2D eigenvalue weighted by atomic mass is 9.92. The molecule has 0 aromatic rings. The van der Waals surface area contributed by atoms with E-state index in [0.29, 0.717) is 5.91 Å². The lowest BCUT2D eigenvalue weighted by Crippen LogP contribution is -2.57. The van der Waals surface area contributed by atoms with Crippen molar-refractivity contribution in [2.24, 2.45) is 11.7 Å². The molecular weight excluding hydrogens is 314 g/mol. The van der Waals surface area contributed by atoms with Crippen LogP contribution in [-0.4, -0.2) is 85.6 Å². The van der Waals surface area contributed by atoms with Gasteiger partial charge in [0, 0.05) is 50.9 Å². The molecule has 0 aromatic heterocycles. The molecule has 130 valence electrons. The molecule has 6 nitrogen and oxygen atoms in total. The van der Waals surface area contributed by atoms with Crippen molar-refractivity contribution in [2.75, 3.05) is 52.9 Å². The largest absolute Gasteiger partial charge is 0.388 e. The Bertz CT molecular complexity index is 455. The lowest BCUT2D eigenvalue weighted by molar-refractivity contribution is -0.138. The molecular formula is C16H28ClN5O. The van der Waals surface area contributed by atoms with Gasteiger partial charge in [-0.05, 0) is 33.0 Å². The first-order valence-corrected chi connectivity index (χ1v) is 9.00. The van der Waals surface area contributed by atoms with Gasteiger partial charge in [0.1, 0.15) is 0 Å². The van der Waals surface area contributed by atoms with Gasteiger partial charge in [0.05, 0.1) is 11.1 Å². The number of hydrogen-bond donors (Lipinski definition) is 2. The second-order valence-electron chi connectivity index (χ2n) is 6.98. The van der Waals surface area contributed by atoms with E-state index in [-0.39, 0.29) is 18.0 Å².